The van der Waals surface area contributed by atoms with E-state index >= 15 is 0 Å². The zero-order chi connectivity index (χ0) is 11.5. The van der Waals surface area contributed by atoms with Gasteiger partial charge in [0.15, 0.2) is 0 Å². The quantitative estimate of drug-likeness (QED) is 0.404. The van der Waals surface area contributed by atoms with Crippen LogP contribution in [0.1, 0.15) is 0 Å². The molecule has 0 aliphatic rings. The standard InChI is InChI=1S/C7H13NO5S2/c1-8-6(9)12-2-4-14-15-5-3-13-7(10)11/h2-5H2,1H3,(H,8,9)(H,10,11). The molecule has 0 aliphatic carbocycles. The molecule has 0 spiro atoms. The van der Waals surface area contributed by atoms with Crippen LogP contribution in [0.2, 0.25) is 0 Å². The highest BCUT2D eigenvalue weighted by molar-refractivity contribution is 8.76. The topological polar surface area (TPSA) is 84.9 Å². The Morgan fingerprint density at radius 2 is 1.73 bits per heavy atom. The Hall–Kier alpha value is -0.760. The maximum Gasteiger partial charge on any atom is 0.505 e. The largest absolute Gasteiger partial charge is 0.505 e. The first kappa shape index (κ1) is 14.2. The second-order valence-electron chi connectivity index (χ2n) is 2.14. The second-order valence-corrected chi connectivity index (χ2v) is 4.85. The zero-order valence-corrected chi connectivity index (χ0v) is 9.86. The molecule has 0 bridgehead atoms. The molecule has 0 unspecified atom stereocenters. The molecule has 0 aromatic carbocycles. The molecule has 8 heteroatoms. The van der Waals surface area contributed by atoms with E-state index in [4.69, 9.17) is 9.84 Å². The molecule has 2 N–H and O–H groups in total. The van der Waals surface area contributed by atoms with E-state index in [-0.39, 0.29) is 6.61 Å². The van der Waals surface area contributed by atoms with Gasteiger partial charge in [0.1, 0.15) is 13.2 Å². The van der Waals surface area contributed by atoms with Crippen molar-refractivity contribution in [3.8, 4) is 0 Å². The van der Waals surface area contributed by atoms with E-state index in [1.165, 1.54) is 28.6 Å². The van der Waals surface area contributed by atoms with Crippen LogP contribution < -0.4 is 5.32 Å². The molecule has 0 radical (unpaired) electrons. The first-order chi connectivity index (χ1) is 7.16. The van der Waals surface area contributed by atoms with Crippen molar-refractivity contribution in [2.45, 2.75) is 0 Å². The normalized spacial score (nSPS) is 9.40. The van der Waals surface area contributed by atoms with Crippen molar-refractivity contribution in [1.82, 2.24) is 5.32 Å². The van der Waals surface area contributed by atoms with Crippen molar-refractivity contribution in [1.29, 1.82) is 0 Å². The van der Waals surface area contributed by atoms with E-state index in [2.05, 4.69) is 10.1 Å². The number of rotatable bonds is 7. The summed E-state index contributed by atoms with van der Waals surface area (Å²) in [6.45, 7) is 0.500. The minimum absolute atomic E-state index is 0.170. The van der Waals surface area contributed by atoms with Crippen LogP contribution in [-0.4, -0.2) is 49.1 Å². The predicted molar refractivity (Wildman–Crippen MR) is 59.3 cm³/mol. The van der Waals surface area contributed by atoms with Crippen LogP contribution in [0.4, 0.5) is 9.59 Å². The fourth-order valence-electron chi connectivity index (χ4n) is 0.521. The van der Waals surface area contributed by atoms with Crippen LogP contribution in [0.15, 0.2) is 0 Å². The number of ether oxygens (including phenoxy) is 2. The monoisotopic (exact) mass is 255 g/mol. The molecule has 88 valence electrons. The molecule has 0 saturated heterocycles. The van der Waals surface area contributed by atoms with Crippen molar-refractivity contribution in [2.24, 2.45) is 0 Å². The van der Waals surface area contributed by atoms with Gasteiger partial charge in [-0.3, -0.25) is 0 Å². The Bertz CT molecular complexity index is 202. The van der Waals surface area contributed by atoms with E-state index < -0.39 is 12.2 Å². The Kier molecular flexibility index (Phi) is 9.29. The summed E-state index contributed by atoms with van der Waals surface area (Å²) in [6.07, 6.45) is -1.71. The number of hydrogen-bond donors (Lipinski definition) is 2. The van der Waals surface area contributed by atoms with Crippen LogP contribution in [-0.2, 0) is 9.47 Å². The lowest BCUT2D eigenvalue weighted by Crippen LogP contribution is -2.20. The van der Waals surface area contributed by atoms with Crippen LogP contribution in [0.3, 0.4) is 0 Å². The SMILES string of the molecule is CNC(=O)OCCSSCCOC(=O)O. The third-order valence-corrected chi connectivity index (χ3v) is 3.41. The average Bonchev–Trinajstić information content (AvgIpc) is 2.21. The first-order valence-corrected chi connectivity index (χ1v) is 6.60. The van der Waals surface area contributed by atoms with Crippen molar-refractivity contribution < 1.29 is 24.2 Å². The fourth-order valence-corrected chi connectivity index (χ4v) is 2.18. The number of carboxylic acid groups (broad SMARTS) is 1. The highest BCUT2D eigenvalue weighted by Gasteiger charge is 1.98. The number of carbonyl (C=O) groups is 2. The molecule has 0 saturated carbocycles. The van der Waals surface area contributed by atoms with Crippen LogP contribution in [0, 0.1) is 0 Å². The maximum atomic E-state index is 10.6. The van der Waals surface area contributed by atoms with Gasteiger partial charge in [0.25, 0.3) is 0 Å². The van der Waals surface area contributed by atoms with E-state index in [0.717, 1.165) is 0 Å². The Labute approximate surface area is 95.5 Å². The number of amides is 1. The summed E-state index contributed by atoms with van der Waals surface area (Å²) in [5, 5.41) is 10.5. The molecule has 0 aromatic heterocycles. The van der Waals surface area contributed by atoms with Gasteiger partial charge in [0.2, 0.25) is 0 Å². The summed E-state index contributed by atoms with van der Waals surface area (Å²) in [5.74, 6) is 1.24. The molecule has 0 aliphatic heterocycles. The van der Waals surface area contributed by atoms with Crippen molar-refractivity contribution in [3.63, 3.8) is 0 Å². The Morgan fingerprint density at radius 1 is 1.20 bits per heavy atom. The lowest BCUT2D eigenvalue weighted by Gasteiger charge is -2.03. The predicted octanol–water partition coefficient (Wildman–Crippen LogP) is 1.42. The first-order valence-electron chi connectivity index (χ1n) is 4.11. The van der Waals surface area contributed by atoms with Gasteiger partial charge in [-0.1, -0.05) is 21.6 Å². The molecule has 0 aromatic rings. The second kappa shape index (κ2) is 9.78. The van der Waals surface area contributed by atoms with Gasteiger partial charge in [-0.2, -0.15) is 0 Å². The molecule has 6 nitrogen and oxygen atoms in total. The van der Waals surface area contributed by atoms with E-state index in [1.54, 1.807) is 0 Å². The molecule has 15 heavy (non-hydrogen) atoms. The zero-order valence-electron chi connectivity index (χ0n) is 8.23. The van der Waals surface area contributed by atoms with E-state index in [9.17, 15) is 9.59 Å². The summed E-state index contributed by atoms with van der Waals surface area (Å²) < 4.78 is 9.02. The molecule has 0 heterocycles. The Balaban J connectivity index is 3.05. The van der Waals surface area contributed by atoms with Crippen LogP contribution in [0.5, 0.6) is 0 Å². The van der Waals surface area contributed by atoms with Crippen LogP contribution >= 0.6 is 21.6 Å². The highest BCUT2D eigenvalue weighted by atomic mass is 33.1. The van der Waals surface area contributed by atoms with Gasteiger partial charge in [0.05, 0.1) is 0 Å². The van der Waals surface area contributed by atoms with Crippen molar-refractivity contribution >= 4 is 33.8 Å². The van der Waals surface area contributed by atoms with E-state index in [1.807, 2.05) is 0 Å². The molecule has 0 fully saturated rings. The van der Waals surface area contributed by atoms with Gasteiger partial charge in [-0.15, -0.1) is 0 Å². The summed E-state index contributed by atoms with van der Waals surface area (Å²) in [7, 11) is 4.46. The summed E-state index contributed by atoms with van der Waals surface area (Å²) >= 11 is 0. The van der Waals surface area contributed by atoms with Gasteiger partial charge < -0.3 is 19.9 Å². The smallest absolute Gasteiger partial charge is 0.450 e. The fraction of sp³-hybridized carbons (Fsp3) is 0.714. The van der Waals surface area contributed by atoms with Gasteiger partial charge in [-0.25, -0.2) is 9.59 Å². The van der Waals surface area contributed by atoms with Gasteiger partial charge >= 0.3 is 12.2 Å². The third-order valence-electron chi connectivity index (χ3n) is 1.08. The highest BCUT2D eigenvalue weighted by Crippen LogP contribution is 2.20. The maximum absolute atomic E-state index is 10.6. The lowest BCUT2D eigenvalue weighted by molar-refractivity contribution is 0.0975. The average molecular weight is 255 g/mol. The number of alkyl carbamates (subject to hydrolysis) is 1. The Morgan fingerprint density at radius 3 is 2.20 bits per heavy atom. The summed E-state index contributed by atoms with van der Waals surface area (Å²) in [5.41, 5.74) is 0. The van der Waals surface area contributed by atoms with Crippen molar-refractivity contribution in [3.05, 3.63) is 0 Å². The summed E-state index contributed by atoms with van der Waals surface area (Å²) in [6, 6.07) is 0. The van der Waals surface area contributed by atoms with E-state index in [0.29, 0.717) is 18.1 Å². The molecule has 0 atom stereocenters. The number of nitrogens with one attached hydrogen (secondary N) is 1. The number of carbonyl (C=O) groups excluding carboxylic acids is 1. The number of hydrogen-bond acceptors (Lipinski definition) is 6. The third kappa shape index (κ3) is 11.2. The minimum Gasteiger partial charge on any atom is -0.450 e. The molecular weight excluding hydrogens is 242 g/mol. The minimum atomic E-state index is -1.26. The summed E-state index contributed by atoms with van der Waals surface area (Å²) in [4.78, 5) is 20.5. The lowest BCUT2D eigenvalue weighted by atomic mass is 10.8. The molecule has 0 rings (SSSR count). The van der Waals surface area contributed by atoms with Gasteiger partial charge in [-0.05, 0) is 0 Å². The molecular formula is C7H13NO5S2. The van der Waals surface area contributed by atoms with Crippen LogP contribution in [0.25, 0.3) is 0 Å². The van der Waals surface area contributed by atoms with Gasteiger partial charge in [0, 0.05) is 18.6 Å². The molecule has 1 amide bonds. The van der Waals surface area contributed by atoms with Crippen molar-refractivity contribution in [2.75, 3.05) is 31.8 Å².